The number of carbonyl (C=O) groups excluding carboxylic acids is 2. The summed E-state index contributed by atoms with van der Waals surface area (Å²) in [6.45, 7) is 2.75. The van der Waals surface area contributed by atoms with Crippen LogP contribution in [0.5, 0.6) is 0 Å². The average molecular weight is 410 g/mol. The highest BCUT2D eigenvalue weighted by Crippen LogP contribution is 2.15. The van der Waals surface area contributed by atoms with Crippen LogP contribution < -0.4 is 10.0 Å². The molecule has 10 heteroatoms. The standard InChI is InChI=1S/C18H16F2N2O5S/c1-2-9-21-28(25,26)14-6-3-12(4-7-14)18(24)27-11-17(23)22-16-8-5-13(19)10-15(16)20/h2-8,10,21H,1,9,11H2,(H,22,23). The van der Waals surface area contributed by atoms with Crippen LogP contribution in [0, 0.1) is 11.6 Å². The maximum atomic E-state index is 13.5. The van der Waals surface area contributed by atoms with Crippen LogP contribution in [0.3, 0.4) is 0 Å². The second kappa shape index (κ2) is 9.20. The molecule has 2 N–H and O–H groups in total. The normalized spacial score (nSPS) is 10.9. The van der Waals surface area contributed by atoms with Crippen LogP contribution in [0.4, 0.5) is 14.5 Å². The summed E-state index contributed by atoms with van der Waals surface area (Å²) in [6.07, 6.45) is 1.38. The van der Waals surface area contributed by atoms with Gasteiger partial charge in [-0.2, -0.15) is 0 Å². The van der Waals surface area contributed by atoms with Gasteiger partial charge in [0.25, 0.3) is 5.91 Å². The van der Waals surface area contributed by atoms with E-state index >= 15 is 0 Å². The van der Waals surface area contributed by atoms with Crippen molar-refractivity contribution in [3.8, 4) is 0 Å². The Bertz CT molecular complexity index is 992. The van der Waals surface area contributed by atoms with Gasteiger partial charge in [0, 0.05) is 12.6 Å². The molecule has 0 heterocycles. The second-order valence-corrected chi connectivity index (χ2v) is 7.18. The predicted octanol–water partition coefficient (Wildman–Crippen LogP) is 2.22. The van der Waals surface area contributed by atoms with E-state index in [0.29, 0.717) is 6.07 Å². The van der Waals surface area contributed by atoms with E-state index in [1.807, 2.05) is 0 Å². The van der Waals surface area contributed by atoms with Crippen molar-refractivity contribution in [2.45, 2.75) is 4.90 Å². The third kappa shape index (κ3) is 5.69. The van der Waals surface area contributed by atoms with Gasteiger partial charge in [-0.3, -0.25) is 4.79 Å². The first kappa shape index (κ1) is 21.2. The average Bonchev–Trinajstić information content (AvgIpc) is 2.67. The Hall–Kier alpha value is -3.11. The summed E-state index contributed by atoms with van der Waals surface area (Å²) in [4.78, 5) is 23.6. The van der Waals surface area contributed by atoms with Crippen LogP contribution in [0.1, 0.15) is 10.4 Å². The monoisotopic (exact) mass is 410 g/mol. The van der Waals surface area contributed by atoms with Crippen molar-refractivity contribution in [3.63, 3.8) is 0 Å². The molecular formula is C18H16F2N2O5S. The smallest absolute Gasteiger partial charge is 0.338 e. The molecule has 0 bridgehead atoms. The molecule has 2 aromatic rings. The lowest BCUT2D eigenvalue weighted by molar-refractivity contribution is -0.119. The lowest BCUT2D eigenvalue weighted by Crippen LogP contribution is -2.24. The molecule has 0 aromatic heterocycles. The molecule has 2 rings (SSSR count). The number of ether oxygens (including phenoxy) is 1. The molecule has 0 aliphatic heterocycles. The Morgan fingerprint density at radius 2 is 1.79 bits per heavy atom. The number of carbonyl (C=O) groups is 2. The number of nitrogens with one attached hydrogen (secondary N) is 2. The topological polar surface area (TPSA) is 102 Å². The summed E-state index contributed by atoms with van der Waals surface area (Å²) < 4.78 is 57.2. The van der Waals surface area contributed by atoms with Gasteiger partial charge < -0.3 is 10.1 Å². The highest BCUT2D eigenvalue weighted by Gasteiger charge is 2.16. The summed E-state index contributed by atoms with van der Waals surface area (Å²) in [7, 11) is -3.73. The molecular weight excluding hydrogens is 394 g/mol. The molecule has 0 fully saturated rings. The van der Waals surface area contributed by atoms with E-state index < -0.39 is 40.1 Å². The van der Waals surface area contributed by atoms with E-state index in [1.165, 1.54) is 30.3 Å². The summed E-state index contributed by atoms with van der Waals surface area (Å²) in [5.41, 5.74) is -0.243. The molecule has 1 amide bonds. The van der Waals surface area contributed by atoms with Gasteiger partial charge in [0.05, 0.1) is 16.1 Å². The third-order valence-corrected chi connectivity index (χ3v) is 4.80. The molecule has 0 aliphatic rings. The first-order valence-corrected chi connectivity index (χ1v) is 9.34. The SMILES string of the molecule is C=CCNS(=O)(=O)c1ccc(C(=O)OCC(=O)Nc2ccc(F)cc2F)cc1. The van der Waals surface area contributed by atoms with Crippen molar-refractivity contribution >= 4 is 27.6 Å². The van der Waals surface area contributed by atoms with E-state index in [4.69, 9.17) is 4.74 Å². The van der Waals surface area contributed by atoms with Gasteiger partial charge in [-0.15, -0.1) is 6.58 Å². The predicted molar refractivity (Wildman–Crippen MR) is 97.1 cm³/mol. The minimum atomic E-state index is -3.73. The zero-order chi connectivity index (χ0) is 20.7. The van der Waals surface area contributed by atoms with Crippen molar-refractivity contribution in [2.75, 3.05) is 18.5 Å². The molecule has 2 aromatic carbocycles. The van der Waals surface area contributed by atoms with E-state index in [9.17, 15) is 26.8 Å². The van der Waals surface area contributed by atoms with Crippen molar-refractivity contribution in [2.24, 2.45) is 0 Å². The van der Waals surface area contributed by atoms with Gasteiger partial charge in [-0.25, -0.2) is 26.7 Å². The first-order chi connectivity index (χ1) is 13.2. The number of hydrogen-bond donors (Lipinski definition) is 2. The van der Waals surface area contributed by atoms with Gasteiger partial charge in [0.2, 0.25) is 10.0 Å². The van der Waals surface area contributed by atoms with Crippen molar-refractivity contribution < 1.29 is 31.5 Å². The number of hydrogen-bond acceptors (Lipinski definition) is 5. The molecule has 0 radical (unpaired) electrons. The van der Waals surface area contributed by atoms with E-state index in [1.54, 1.807) is 0 Å². The number of anilines is 1. The number of rotatable bonds is 8. The second-order valence-electron chi connectivity index (χ2n) is 5.41. The zero-order valence-corrected chi connectivity index (χ0v) is 15.3. The Morgan fingerprint density at radius 3 is 2.39 bits per heavy atom. The highest BCUT2D eigenvalue weighted by atomic mass is 32.2. The van der Waals surface area contributed by atoms with Crippen molar-refractivity contribution in [1.82, 2.24) is 4.72 Å². The molecule has 0 saturated carbocycles. The summed E-state index contributed by atoms with van der Waals surface area (Å²) in [6, 6.07) is 7.45. The maximum absolute atomic E-state index is 13.5. The molecule has 0 atom stereocenters. The van der Waals surface area contributed by atoms with Gasteiger partial charge in [-0.05, 0) is 36.4 Å². The summed E-state index contributed by atoms with van der Waals surface area (Å²) in [5.74, 6) is -3.47. The number of amides is 1. The van der Waals surface area contributed by atoms with Gasteiger partial charge in [0.15, 0.2) is 6.61 Å². The molecule has 0 unspecified atom stereocenters. The molecule has 0 saturated heterocycles. The number of sulfonamides is 1. The quantitative estimate of drug-likeness (QED) is 0.513. The van der Waals surface area contributed by atoms with Crippen LogP contribution in [0.25, 0.3) is 0 Å². The van der Waals surface area contributed by atoms with Crippen molar-refractivity contribution in [1.29, 1.82) is 0 Å². The largest absolute Gasteiger partial charge is 0.452 e. The molecule has 148 valence electrons. The van der Waals surface area contributed by atoms with E-state index in [0.717, 1.165) is 12.1 Å². The van der Waals surface area contributed by atoms with Gasteiger partial charge in [-0.1, -0.05) is 6.08 Å². The Morgan fingerprint density at radius 1 is 1.11 bits per heavy atom. The minimum absolute atomic E-state index is 0.0171. The van der Waals surface area contributed by atoms with Crippen LogP contribution in [-0.4, -0.2) is 33.4 Å². The number of benzene rings is 2. The van der Waals surface area contributed by atoms with Gasteiger partial charge >= 0.3 is 5.97 Å². The lowest BCUT2D eigenvalue weighted by Gasteiger charge is -2.08. The molecule has 0 spiro atoms. The van der Waals surface area contributed by atoms with E-state index in [-0.39, 0.29) is 22.7 Å². The number of esters is 1. The lowest BCUT2D eigenvalue weighted by atomic mass is 10.2. The summed E-state index contributed by atoms with van der Waals surface area (Å²) >= 11 is 0. The third-order valence-electron chi connectivity index (χ3n) is 3.36. The van der Waals surface area contributed by atoms with Crippen LogP contribution in [0.2, 0.25) is 0 Å². The van der Waals surface area contributed by atoms with Crippen LogP contribution >= 0.6 is 0 Å². The fourth-order valence-corrected chi connectivity index (χ4v) is 3.01. The maximum Gasteiger partial charge on any atom is 0.338 e. The Balaban J connectivity index is 1.94. The molecule has 7 nitrogen and oxygen atoms in total. The minimum Gasteiger partial charge on any atom is -0.452 e. The van der Waals surface area contributed by atoms with Crippen LogP contribution in [0.15, 0.2) is 60.0 Å². The zero-order valence-electron chi connectivity index (χ0n) is 14.4. The van der Waals surface area contributed by atoms with Crippen LogP contribution in [-0.2, 0) is 19.6 Å². The molecule has 28 heavy (non-hydrogen) atoms. The Labute approximate surface area is 160 Å². The van der Waals surface area contributed by atoms with E-state index in [2.05, 4.69) is 16.6 Å². The highest BCUT2D eigenvalue weighted by molar-refractivity contribution is 7.89. The summed E-state index contributed by atoms with van der Waals surface area (Å²) in [5, 5.41) is 2.14. The van der Waals surface area contributed by atoms with Gasteiger partial charge in [0.1, 0.15) is 11.6 Å². The Kier molecular flexibility index (Phi) is 6.96. The molecule has 0 aliphatic carbocycles. The number of halogens is 2. The fourth-order valence-electron chi connectivity index (χ4n) is 2.01. The van der Waals surface area contributed by atoms with Crippen molar-refractivity contribution in [3.05, 3.63) is 72.3 Å². The fraction of sp³-hybridized carbons (Fsp3) is 0.111. The first-order valence-electron chi connectivity index (χ1n) is 7.85.